The summed E-state index contributed by atoms with van der Waals surface area (Å²) in [5.41, 5.74) is 3.21. The van der Waals surface area contributed by atoms with Crippen molar-refractivity contribution in [2.24, 2.45) is 0 Å². The van der Waals surface area contributed by atoms with Gasteiger partial charge in [0.15, 0.2) is 0 Å². The maximum absolute atomic E-state index is 12.6. The first kappa shape index (κ1) is 18.3. The number of piperazine rings is 1. The van der Waals surface area contributed by atoms with Crippen LogP contribution in [0.3, 0.4) is 0 Å². The first-order chi connectivity index (χ1) is 13.7. The quantitative estimate of drug-likeness (QED) is 0.684. The van der Waals surface area contributed by atoms with Crippen molar-refractivity contribution in [1.82, 2.24) is 9.88 Å². The third-order valence-corrected chi connectivity index (χ3v) is 5.30. The zero-order valence-corrected chi connectivity index (χ0v) is 16.1. The molecule has 0 unspecified atom stereocenters. The molecule has 1 amide bonds. The lowest BCUT2D eigenvalue weighted by Gasteiger charge is -2.37. The van der Waals surface area contributed by atoms with Gasteiger partial charge in [-0.1, -0.05) is 41.9 Å². The predicted molar refractivity (Wildman–Crippen MR) is 110 cm³/mol. The van der Waals surface area contributed by atoms with Gasteiger partial charge in [0, 0.05) is 42.8 Å². The van der Waals surface area contributed by atoms with Crippen LogP contribution in [0.2, 0.25) is 5.02 Å². The molecule has 28 heavy (non-hydrogen) atoms. The second kappa shape index (κ2) is 7.87. The Bertz CT molecular complexity index is 1050. The maximum Gasteiger partial charge on any atom is 0.227 e. The standard InChI is InChI=1S/C22H19ClN4O/c23-18-6-7-20-19(13-18)22(17(14-24)15-25-20)27-10-8-26(9-11-27)21(28)12-16-4-2-1-3-5-16/h1-7,13,15H,8-12H2. The highest BCUT2D eigenvalue weighted by molar-refractivity contribution is 6.31. The van der Waals surface area contributed by atoms with E-state index in [1.54, 1.807) is 12.3 Å². The summed E-state index contributed by atoms with van der Waals surface area (Å²) in [5, 5.41) is 11.1. The number of pyridine rings is 1. The van der Waals surface area contributed by atoms with E-state index in [1.807, 2.05) is 47.4 Å². The highest BCUT2D eigenvalue weighted by atomic mass is 35.5. The fourth-order valence-corrected chi connectivity index (χ4v) is 3.81. The summed E-state index contributed by atoms with van der Waals surface area (Å²) in [6.45, 7) is 2.59. The first-order valence-electron chi connectivity index (χ1n) is 9.21. The molecule has 0 bridgehead atoms. The molecule has 0 aliphatic carbocycles. The molecule has 0 atom stereocenters. The molecule has 1 fully saturated rings. The van der Waals surface area contributed by atoms with Crippen LogP contribution in [0.4, 0.5) is 5.69 Å². The summed E-state index contributed by atoms with van der Waals surface area (Å²) < 4.78 is 0. The molecule has 1 aromatic heterocycles. The van der Waals surface area contributed by atoms with Crippen LogP contribution in [0.15, 0.2) is 54.7 Å². The summed E-state index contributed by atoms with van der Waals surface area (Å²) in [6, 6.07) is 17.5. The van der Waals surface area contributed by atoms with Crippen LogP contribution in [0, 0.1) is 11.3 Å². The maximum atomic E-state index is 12.6. The highest BCUT2D eigenvalue weighted by Crippen LogP contribution is 2.32. The smallest absolute Gasteiger partial charge is 0.227 e. The number of halogens is 1. The summed E-state index contributed by atoms with van der Waals surface area (Å²) in [6.07, 6.45) is 2.02. The van der Waals surface area contributed by atoms with Gasteiger partial charge in [-0.3, -0.25) is 9.78 Å². The molecule has 0 N–H and O–H groups in total. The normalized spacial score (nSPS) is 14.1. The lowest BCUT2D eigenvalue weighted by molar-refractivity contribution is -0.130. The largest absolute Gasteiger partial charge is 0.366 e. The van der Waals surface area contributed by atoms with E-state index in [9.17, 15) is 10.1 Å². The number of nitrogens with zero attached hydrogens (tertiary/aromatic N) is 4. The molecular weight excluding hydrogens is 372 g/mol. The number of amides is 1. The van der Waals surface area contributed by atoms with E-state index >= 15 is 0 Å². The van der Waals surface area contributed by atoms with Crippen molar-refractivity contribution in [1.29, 1.82) is 5.26 Å². The van der Waals surface area contributed by atoms with Gasteiger partial charge in [0.25, 0.3) is 0 Å². The molecule has 1 aliphatic heterocycles. The number of benzene rings is 2. The molecule has 3 aromatic rings. The van der Waals surface area contributed by atoms with Crippen molar-refractivity contribution in [3.05, 3.63) is 70.9 Å². The van der Waals surface area contributed by atoms with Crippen LogP contribution in [-0.2, 0) is 11.2 Å². The van der Waals surface area contributed by atoms with Gasteiger partial charge in [0.05, 0.1) is 23.2 Å². The van der Waals surface area contributed by atoms with Crippen LogP contribution in [0.25, 0.3) is 10.9 Å². The van der Waals surface area contributed by atoms with E-state index in [0.29, 0.717) is 43.2 Å². The summed E-state index contributed by atoms with van der Waals surface area (Å²) in [5.74, 6) is 0.133. The van der Waals surface area contributed by atoms with E-state index in [1.165, 1.54) is 0 Å². The number of hydrogen-bond acceptors (Lipinski definition) is 4. The number of aromatic nitrogens is 1. The molecule has 140 valence electrons. The van der Waals surface area contributed by atoms with Gasteiger partial charge < -0.3 is 9.80 Å². The van der Waals surface area contributed by atoms with Crippen LogP contribution in [0.1, 0.15) is 11.1 Å². The van der Waals surface area contributed by atoms with Crippen LogP contribution in [0.5, 0.6) is 0 Å². The van der Waals surface area contributed by atoms with Crippen molar-refractivity contribution in [2.75, 3.05) is 31.1 Å². The number of nitriles is 1. The van der Waals surface area contributed by atoms with Crippen molar-refractivity contribution < 1.29 is 4.79 Å². The van der Waals surface area contributed by atoms with E-state index in [0.717, 1.165) is 22.2 Å². The van der Waals surface area contributed by atoms with Gasteiger partial charge in [-0.2, -0.15) is 5.26 Å². The molecule has 2 aromatic carbocycles. The average Bonchev–Trinajstić information content (AvgIpc) is 2.73. The van der Waals surface area contributed by atoms with Crippen molar-refractivity contribution >= 4 is 34.1 Å². The molecule has 0 spiro atoms. The minimum Gasteiger partial charge on any atom is -0.366 e. The minimum absolute atomic E-state index is 0.133. The molecule has 6 heteroatoms. The van der Waals surface area contributed by atoms with Gasteiger partial charge in [-0.05, 0) is 23.8 Å². The van der Waals surface area contributed by atoms with Gasteiger partial charge in [0.1, 0.15) is 6.07 Å². The van der Waals surface area contributed by atoms with Crippen LogP contribution >= 0.6 is 11.6 Å². The highest BCUT2D eigenvalue weighted by Gasteiger charge is 2.24. The van der Waals surface area contributed by atoms with E-state index in [2.05, 4.69) is 16.0 Å². The Balaban J connectivity index is 1.53. The lowest BCUT2D eigenvalue weighted by Crippen LogP contribution is -2.49. The SMILES string of the molecule is N#Cc1cnc2ccc(Cl)cc2c1N1CCN(C(=O)Cc2ccccc2)CC1. The van der Waals surface area contributed by atoms with E-state index in [-0.39, 0.29) is 5.91 Å². The van der Waals surface area contributed by atoms with Gasteiger partial charge in [-0.15, -0.1) is 0 Å². The van der Waals surface area contributed by atoms with Crippen molar-refractivity contribution in [3.63, 3.8) is 0 Å². The Morgan fingerprint density at radius 2 is 1.86 bits per heavy atom. The Morgan fingerprint density at radius 3 is 2.57 bits per heavy atom. The molecular formula is C22H19ClN4O. The lowest BCUT2D eigenvalue weighted by atomic mass is 10.1. The first-order valence-corrected chi connectivity index (χ1v) is 9.58. The van der Waals surface area contributed by atoms with E-state index in [4.69, 9.17) is 11.6 Å². The number of carbonyl (C=O) groups excluding carboxylic acids is 1. The monoisotopic (exact) mass is 390 g/mol. The molecule has 0 saturated carbocycles. The van der Waals surface area contributed by atoms with Gasteiger partial charge >= 0.3 is 0 Å². The minimum atomic E-state index is 0.133. The number of hydrogen-bond donors (Lipinski definition) is 0. The molecule has 0 radical (unpaired) electrons. The summed E-state index contributed by atoms with van der Waals surface area (Å²) in [4.78, 5) is 21.0. The molecule has 1 aliphatic rings. The fourth-order valence-electron chi connectivity index (χ4n) is 3.64. The molecule has 4 rings (SSSR count). The topological polar surface area (TPSA) is 60.2 Å². The molecule has 5 nitrogen and oxygen atoms in total. The summed E-state index contributed by atoms with van der Waals surface area (Å²) in [7, 11) is 0. The number of carbonyl (C=O) groups is 1. The fraction of sp³-hybridized carbons (Fsp3) is 0.227. The Morgan fingerprint density at radius 1 is 1.11 bits per heavy atom. The third-order valence-electron chi connectivity index (χ3n) is 5.07. The Hall–Kier alpha value is -3.10. The third kappa shape index (κ3) is 3.64. The number of rotatable bonds is 3. The van der Waals surface area contributed by atoms with Crippen molar-refractivity contribution in [3.8, 4) is 6.07 Å². The Labute approximate surface area is 168 Å². The number of fused-ring (bicyclic) bond motifs is 1. The Kier molecular flexibility index (Phi) is 5.14. The summed E-state index contributed by atoms with van der Waals surface area (Å²) >= 11 is 6.18. The molecule has 2 heterocycles. The second-order valence-corrected chi connectivity index (χ2v) is 7.26. The van der Waals surface area contributed by atoms with Crippen molar-refractivity contribution in [2.45, 2.75) is 6.42 Å². The van der Waals surface area contributed by atoms with E-state index < -0.39 is 0 Å². The van der Waals surface area contributed by atoms with Gasteiger partial charge in [0.2, 0.25) is 5.91 Å². The predicted octanol–water partition coefficient (Wildman–Crippen LogP) is 3.65. The molecule has 1 saturated heterocycles. The number of anilines is 1. The second-order valence-electron chi connectivity index (χ2n) is 6.82. The van der Waals surface area contributed by atoms with Crippen LogP contribution < -0.4 is 4.90 Å². The zero-order valence-electron chi connectivity index (χ0n) is 15.3. The average molecular weight is 391 g/mol. The van der Waals surface area contributed by atoms with Crippen LogP contribution in [-0.4, -0.2) is 42.0 Å². The zero-order chi connectivity index (χ0) is 19.5. The van der Waals surface area contributed by atoms with Gasteiger partial charge in [-0.25, -0.2) is 0 Å².